The Morgan fingerprint density at radius 2 is 0.548 bits per heavy atom. The van der Waals surface area contributed by atoms with Crippen LogP contribution < -0.4 is 29.4 Å². The van der Waals surface area contributed by atoms with Gasteiger partial charge < -0.3 is 0 Å². The Morgan fingerprint density at radius 3 is 0.810 bits per heavy atom. The number of hydrogen-bond donors (Lipinski definition) is 0. The average Bonchev–Trinajstić information content (AvgIpc) is 3.06. The molecule has 4 aromatic rings. The number of para-hydroxylation sites is 2. The Labute approximate surface area is 247 Å². The van der Waals surface area contributed by atoms with Crippen molar-refractivity contribution >= 4 is 52.2 Å². The first-order valence-corrected chi connectivity index (χ1v) is 13.4. The Kier molecular flexibility index (Phi) is 9.12. The van der Waals surface area contributed by atoms with Crippen molar-refractivity contribution in [1.82, 2.24) is 0 Å². The molecule has 0 saturated carbocycles. The van der Waals surface area contributed by atoms with Crippen molar-refractivity contribution in [1.29, 1.82) is 0 Å². The number of carbonyl (C=O) groups is 3. The minimum Gasteiger partial charge on any atom is -0.297 e. The van der Waals surface area contributed by atoms with Gasteiger partial charge in [-0.15, -0.1) is 0 Å². The molecule has 0 atom stereocenters. The number of nitrogens with zero attached hydrogens (tertiary/aromatic N) is 6. The first-order chi connectivity index (χ1) is 20.1. The molecule has 0 bridgehead atoms. The quantitative estimate of drug-likeness (QED) is 0.260. The largest absolute Gasteiger partial charge is 0.328 e. The molecule has 0 saturated heterocycles. The van der Waals surface area contributed by atoms with E-state index in [2.05, 4.69) is 0 Å². The van der Waals surface area contributed by atoms with Gasteiger partial charge in [-0.25, -0.2) is 14.4 Å². The van der Waals surface area contributed by atoms with E-state index in [1.54, 1.807) is 74.0 Å². The molecule has 0 aliphatic heterocycles. The summed E-state index contributed by atoms with van der Waals surface area (Å²) < 4.78 is 0. The van der Waals surface area contributed by atoms with Crippen molar-refractivity contribution in [2.45, 2.75) is 0 Å². The predicted octanol–water partition coefficient (Wildman–Crippen LogP) is 6.76. The lowest BCUT2D eigenvalue weighted by atomic mass is 10.2. The van der Waals surface area contributed by atoms with E-state index >= 15 is 0 Å². The maximum Gasteiger partial charge on any atom is 0.328 e. The van der Waals surface area contributed by atoms with Gasteiger partial charge in [-0.3, -0.25) is 29.4 Å². The fourth-order valence-electron chi connectivity index (χ4n) is 4.46. The fraction of sp³-hybridized carbons (Fsp3) is 0.182. The van der Waals surface area contributed by atoms with Gasteiger partial charge in [-0.05, 0) is 60.7 Å². The summed E-state index contributed by atoms with van der Waals surface area (Å²) in [4.78, 5) is 49.1. The van der Waals surface area contributed by atoms with Gasteiger partial charge in [0.05, 0.1) is 0 Å². The second-order valence-electron chi connectivity index (χ2n) is 9.91. The van der Waals surface area contributed by atoms with E-state index in [-0.39, 0.29) is 18.1 Å². The highest BCUT2D eigenvalue weighted by molar-refractivity contribution is 6.06. The number of benzene rings is 4. The molecule has 0 aliphatic rings. The molecule has 42 heavy (non-hydrogen) atoms. The van der Waals surface area contributed by atoms with Crippen molar-refractivity contribution < 1.29 is 14.4 Å². The molecule has 0 spiro atoms. The molecule has 0 heterocycles. The fourth-order valence-corrected chi connectivity index (χ4v) is 4.46. The molecule has 0 unspecified atom stereocenters. The number of rotatable bonds is 6. The van der Waals surface area contributed by atoms with Gasteiger partial charge in [-0.1, -0.05) is 48.5 Å². The van der Waals surface area contributed by atoms with Crippen molar-refractivity contribution in [3.05, 3.63) is 109 Å². The number of urea groups is 3. The third kappa shape index (κ3) is 6.36. The van der Waals surface area contributed by atoms with E-state index in [0.29, 0.717) is 22.7 Å². The summed E-state index contributed by atoms with van der Waals surface area (Å²) in [5, 5.41) is 0. The van der Waals surface area contributed by atoms with Gasteiger partial charge in [0.25, 0.3) is 0 Å². The molecule has 9 nitrogen and oxygen atoms in total. The summed E-state index contributed by atoms with van der Waals surface area (Å²) in [6.45, 7) is 0. The molecular formula is C33H36N6O3. The van der Waals surface area contributed by atoms with Crippen LogP contribution in [0.2, 0.25) is 0 Å². The van der Waals surface area contributed by atoms with Gasteiger partial charge in [0, 0.05) is 76.4 Å². The number of hydrogen-bond acceptors (Lipinski definition) is 3. The monoisotopic (exact) mass is 564 g/mol. The van der Waals surface area contributed by atoms with Crippen LogP contribution in [-0.4, -0.2) is 60.4 Å². The standard InChI is InChI=1S/C33H36N6O3/c1-34(25-15-9-7-10-16-25)31(40)36(3)27-19-13-21-29(23-27)38(5)33(42)39(6)30-22-14-20-28(24-30)37(4)32(41)35(2)26-17-11-8-12-18-26/h7-24H,1-6H3. The smallest absolute Gasteiger partial charge is 0.297 e. The van der Waals surface area contributed by atoms with Crippen LogP contribution in [0.3, 0.4) is 0 Å². The normalized spacial score (nSPS) is 10.4. The molecule has 0 aliphatic carbocycles. The molecule has 0 fully saturated rings. The zero-order valence-electron chi connectivity index (χ0n) is 24.8. The summed E-state index contributed by atoms with van der Waals surface area (Å²) >= 11 is 0. The average molecular weight is 565 g/mol. The lowest BCUT2D eigenvalue weighted by Gasteiger charge is -2.29. The number of carbonyl (C=O) groups excluding carboxylic acids is 3. The molecule has 0 radical (unpaired) electrons. The van der Waals surface area contributed by atoms with Gasteiger partial charge in [-0.2, -0.15) is 0 Å². The van der Waals surface area contributed by atoms with Gasteiger partial charge in [0.1, 0.15) is 0 Å². The highest BCUT2D eigenvalue weighted by Gasteiger charge is 2.22. The lowest BCUT2D eigenvalue weighted by molar-refractivity contribution is 0.253. The van der Waals surface area contributed by atoms with Gasteiger partial charge >= 0.3 is 18.1 Å². The zero-order chi connectivity index (χ0) is 30.4. The Morgan fingerprint density at radius 1 is 0.333 bits per heavy atom. The Balaban J connectivity index is 1.48. The van der Waals surface area contributed by atoms with E-state index < -0.39 is 0 Å². The third-order valence-electron chi connectivity index (χ3n) is 7.22. The topological polar surface area (TPSA) is 70.7 Å². The molecule has 9 heteroatoms. The Hall–Kier alpha value is -5.31. The van der Waals surface area contributed by atoms with Crippen LogP contribution in [0.25, 0.3) is 0 Å². The van der Waals surface area contributed by atoms with Crippen LogP contribution >= 0.6 is 0 Å². The number of anilines is 6. The maximum atomic E-state index is 13.5. The highest BCUT2D eigenvalue weighted by atomic mass is 16.2. The van der Waals surface area contributed by atoms with E-state index in [0.717, 1.165) is 11.4 Å². The van der Waals surface area contributed by atoms with Crippen molar-refractivity contribution in [3.8, 4) is 0 Å². The van der Waals surface area contributed by atoms with Gasteiger partial charge in [0.15, 0.2) is 0 Å². The van der Waals surface area contributed by atoms with Crippen LogP contribution in [-0.2, 0) is 0 Å². The second kappa shape index (κ2) is 12.9. The summed E-state index contributed by atoms with van der Waals surface area (Å²) in [5.41, 5.74) is 4.10. The van der Waals surface area contributed by atoms with Crippen LogP contribution in [0.15, 0.2) is 109 Å². The van der Waals surface area contributed by atoms with E-state index in [4.69, 9.17) is 0 Å². The lowest BCUT2D eigenvalue weighted by Crippen LogP contribution is -2.40. The minimum atomic E-state index is -0.282. The molecular weight excluding hydrogens is 528 g/mol. The summed E-state index contributed by atoms with van der Waals surface area (Å²) in [5.74, 6) is 0. The van der Waals surface area contributed by atoms with E-state index in [9.17, 15) is 14.4 Å². The molecule has 4 rings (SSSR count). The predicted molar refractivity (Wildman–Crippen MR) is 172 cm³/mol. The maximum absolute atomic E-state index is 13.5. The second-order valence-corrected chi connectivity index (χ2v) is 9.91. The zero-order valence-corrected chi connectivity index (χ0v) is 24.8. The van der Waals surface area contributed by atoms with Crippen LogP contribution in [0.1, 0.15) is 0 Å². The summed E-state index contributed by atoms with van der Waals surface area (Å²) in [6, 6.07) is 32.6. The van der Waals surface area contributed by atoms with Crippen molar-refractivity contribution in [3.63, 3.8) is 0 Å². The first-order valence-electron chi connectivity index (χ1n) is 13.4. The first kappa shape index (κ1) is 29.7. The van der Waals surface area contributed by atoms with Crippen molar-refractivity contribution in [2.75, 3.05) is 71.7 Å². The molecule has 0 aromatic heterocycles. The highest BCUT2D eigenvalue weighted by Crippen LogP contribution is 2.27. The SMILES string of the molecule is CN(C(=O)N(C)c1cccc(N(C)C(=O)N(C)c2cccc(N(C)C(=O)N(C)c3ccccc3)c2)c1)c1ccccc1. The van der Waals surface area contributed by atoms with Crippen LogP contribution in [0.5, 0.6) is 0 Å². The molecule has 6 amide bonds. The minimum absolute atomic E-state index is 0.210. The van der Waals surface area contributed by atoms with E-state index in [1.807, 2.05) is 97.1 Å². The molecule has 216 valence electrons. The summed E-state index contributed by atoms with van der Waals surface area (Å²) in [6.07, 6.45) is 0. The van der Waals surface area contributed by atoms with E-state index in [1.165, 1.54) is 9.80 Å². The summed E-state index contributed by atoms with van der Waals surface area (Å²) in [7, 11) is 10.2. The molecule has 4 aromatic carbocycles. The van der Waals surface area contributed by atoms with Crippen molar-refractivity contribution in [2.24, 2.45) is 0 Å². The number of amides is 6. The van der Waals surface area contributed by atoms with Crippen LogP contribution in [0.4, 0.5) is 48.5 Å². The van der Waals surface area contributed by atoms with Crippen LogP contribution in [0, 0.1) is 0 Å². The third-order valence-corrected chi connectivity index (χ3v) is 7.22. The Bertz CT molecular complexity index is 1430. The van der Waals surface area contributed by atoms with Gasteiger partial charge in [0.2, 0.25) is 0 Å². The molecule has 0 N–H and O–H groups in total.